The van der Waals surface area contributed by atoms with Gasteiger partial charge in [-0.25, -0.2) is 4.39 Å². The minimum atomic E-state index is -0.383. The van der Waals surface area contributed by atoms with Crippen molar-refractivity contribution in [3.05, 3.63) is 52.7 Å². The van der Waals surface area contributed by atoms with Crippen LogP contribution in [0.2, 0.25) is 5.02 Å². The number of anilines is 1. The molecule has 5 nitrogen and oxygen atoms in total. The molecule has 0 atom stereocenters. The molecule has 0 unspecified atom stereocenters. The summed E-state index contributed by atoms with van der Waals surface area (Å²) < 4.78 is 14.5. The van der Waals surface area contributed by atoms with Gasteiger partial charge in [0.1, 0.15) is 11.5 Å². The number of hydrogen-bond donors (Lipinski definition) is 1. The lowest BCUT2D eigenvalue weighted by molar-refractivity contribution is -0.113. The van der Waals surface area contributed by atoms with Crippen LogP contribution in [-0.2, 0) is 11.8 Å². The van der Waals surface area contributed by atoms with Crippen LogP contribution in [0.25, 0.3) is 6.08 Å². The maximum absolute atomic E-state index is 13.0. The quantitative estimate of drug-likeness (QED) is 0.676. The van der Waals surface area contributed by atoms with Crippen LogP contribution in [0.3, 0.4) is 0 Å². The zero-order valence-electron chi connectivity index (χ0n) is 11.4. The molecule has 2 heterocycles. The summed E-state index contributed by atoms with van der Waals surface area (Å²) in [5, 5.41) is 7.49. The molecular weight excluding hydrogens is 327 g/mol. The first kappa shape index (κ1) is 14.7. The van der Waals surface area contributed by atoms with Gasteiger partial charge >= 0.3 is 0 Å². The van der Waals surface area contributed by atoms with E-state index in [2.05, 4.69) is 10.4 Å². The number of aromatic nitrogens is 2. The molecule has 8 heteroatoms. The normalized spacial score (nSPS) is 16.5. The molecule has 0 saturated carbocycles. The van der Waals surface area contributed by atoms with Gasteiger partial charge in [-0.2, -0.15) is 5.10 Å². The third kappa shape index (κ3) is 2.49. The number of amides is 1. The Labute approximate surface area is 136 Å². The molecule has 1 fully saturated rings. The standard InChI is InChI=1S/C14H10ClFN4OS/c1-19-12(10(15)7-17-19)6-11-13(21)20(14(22)18-11)9-4-2-8(16)3-5-9/h2-7H,1H3,(H,18,22)/b11-6+. The topological polar surface area (TPSA) is 50.2 Å². The molecule has 1 aliphatic rings. The Kier molecular flexibility index (Phi) is 3.67. The number of carbonyl (C=O) groups excluding carboxylic acids is 1. The van der Waals surface area contributed by atoms with E-state index in [1.165, 1.54) is 35.4 Å². The summed E-state index contributed by atoms with van der Waals surface area (Å²) in [5.74, 6) is -0.722. The molecule has 0 aliphatic carbocycles. The van der Waals surface area contributed by atoms with Crippen molar-refractivity contribution in [2.75, 3.05) is 4.90 Å². The fraction of sp³-hybridized carbons (Fsp3) is 0.0714. The number of benzene rings is 1. The van der Waals surface area contributed by atoms with Crippen LogP contribution in [0.1, 0.15) is 5.69 Å². The molecule has 2 aromatic rings. The van der Waals surface area contributed by atoms with Gasteiger partial charge in [0.25, 0.3) is 5.91 Å². The van der Waals surface area contributed by atoms with Gasteiger partial charge in [-0.3, -0.25) is 14.4 Å². The van der Waals surface area contributed by atoms with Crippen LogP contribution in [0.15, 0.2) is 36.2 Å². The maximum Gasteiger partial charge on any atom is 0.281 e. The number of rotatable bonds is 2. The molecule has 1 aromatic heterocycles. The third-order valence-corrected chi connectivity index (χ3v) is 3.76. The van der Waals surface area contributed by atoms with Gasteiger partial charge in [-0.1, -0.05) is 11.6 Å². The monoisotopic (exact) mass is 336 g/mol. The first-order valence-electron chi connectivity index (χ1n) is 6.27. The SMILES string of the molecule is Cn1ncc(Cl)c1/C=C1/NC(=S)N(c2ccc(F)cc2)C1=O. The minimum Gasteiger partial charge on any atom is -0.327 e. The van der Waals surface area contributed by atoms with E-state index in [0.717, 1.165) is 0 Å². The Morgan fingerprint density at radius 1 is 1.36 bits per heavy atom. The summed E-state index contributed by atoms with van der Waals surface area (Å²) in [7, 11) is 1.72. The second-order valence-electron chi connectivity index (χ2n) is 4.61. The Morgan fingerprint density at radius 2 is 2.05 bits per heavy atom. The second-order valence-corrected chi connectivity index (χ2v) is 5.40. The highest BCUT2D eigenvalue weighted by atomic mass is 35.5. The van der Waals surface area contributed by atoms with E-state index in [0.29, 0.717) is 16.4 Å². The summed E-state index contributed by atoms with van der Waals surface area (Å²) in [6.07, 6.45) is 3.07. The Morgan fingerprint density at radius 3 is 2.64 bits per heavy atom. The molecule has 22 heavy (non-hydrogen) atoms. The van der Waals surface area contributed by atoms with Crippen molar-refractivity contribution in [2.24, 2.45) is 7.05 Å². The van der Waals surface area contributed by atoms with Crippen molar-refractivity contribution < 1.29 is 9.18 Å². The lowest BCUT2D eigenvalue weighted by Gasteiger charge is -2.13. The van der Waals surface area contributed by atoms with Gasteiger partial charge in [0.15, 0.2) is 5.11 Å². The second kappa shape index (κ2) is 5.51. The van der Waals surface area contributed by atoms with Crippen molar-refractivity contribution >= 4 is 46.6 Å². The Hall–Kier alpha value is -2.25. The zero-order chi connectivity index (χ0) is 15.9. The lowest BCUT2D eigenvalue weighted by Crippen LogP contribution is -2.30. The molecule has 1 saturated heterocycles. The van der Waals surface area contributed by atoms with E-state index in [1.807, 2.05) is 0 Å². The van der Waals surface area contributed by atoms with E-state index < -0.39 is 0 Å². The van der Waals surface area contributed by atoms with Crippen LogP contribution in [-0.4, -0.2) is 20.8 Å². The minimum absolute atomic E-state index is 0.223. The number of nitrogens with zero attached hydrogens (tertiary/aromatic N) is 3. The van der Waals surface area contributed by atoms with Gasteiger partial charge < -0.3 is 5.32 Å². The third-order valence-electron chi connectivity index (χ3n) is 3.18. The van der Waals surface area contributed by atoms with Crippen molar-refractivity contribution in [1.82, 2.24) is 15.1 Å². The predicted octanol–water partition coefficient (Wildman–Crippen LogP) is 2.47. The summed E-state index contributed by atoms with van der Waals surface area (Å²) in [6, 6.07) is 5.51. The largest absolute Gasteiger partial charge is 0.327 e. The average molecular weight is 337 g/mol. The van der Waals surface area contributed by atoms with E-state index in [1.54, 1.807) is 17.8 Å². The van der Waals surface area contributed by atoms with E-state index >= 15 is 0 Å². The highest BCUT2D eigenvalue weighted by molar-refractivity contribution is 7.80. The molecule has 0 spiro atoms. The summed E-state index contributed by atoms with van der Waals surface area (Å²) in [6.45, 7) is 0. The lowest BCUT2D eigenvalue weighted by atomic mass is 10.2. The molecule has 112 valence electrons. The number of halogens is 2. The van der Waals surface area contributed by atoms with Gasteiger partial charge in [0.2, 0.25) is 0 Å². The van der Waals surface area contributed by atoms with Gasteiger partial charge in [-0.15, -0.1) is 0 Å². The first-order chi connectivity index (χ1) is 10.5. The van der Waals surface area contributed by atoms with Crippen molar-refractivity contribution in [1.29, 1.82) is 0 Å². The maximum atomic E-state index is 13.0. The molecule has 0 radical (unpaired) electrons. The summed E-state index contributed by atoms with van der Waals surface area (Å²) >= 11 is 11.2. The average Bonchev–Trinajstić information content (AvgIpc) is 2.94. The molecule has 1 aliphatic heterocycles. The predicted molar refractivity (Wildman–Crippen MR) is 85.8 cm³/mol. The Balaban J connectivity index is 1.96. The van der Waals surface area contributed by atoms with Crippen molar-refractivity contribution in [2.45, 2.75) is 0 Å². The molecule has 1 aromatic carbocycles. The zero-order valence-corrected chi connectivity index (χ0v) is 13.0. The van der Waals surface area contributed by atoms with Crippen molar-refractivity contribution in [3.8, 4) is 0 Å². The van der Waals surface area contributed by atoms with Gasteiger partial charge in [0.05, 0.1) is 22.6 Å². The van der Waals surface area contributed by atoms with Crippen LogP contribution in [0, 0.1) is 5.82 Å². The van der Waals surface area contributed by atoms with E-state index in [9.17, 15) is 9.18 Å². The number of nitrogens with one attached hydrogen (secondary N) is 1. The Bertz CT molecular complexity index is 780. The number of thiocarbonyl (C=S) groups is 1. The highest BCUT2D eigenvalue weighted by Gasteiger charge is 2.32. The molecule has 1 N–H and O–H groups in total. The summed E-state index contributed by atoms with van der Waals surface area (Å²) in [4.78, 5) is 13.8. The van der Waals surface area contributed by atoms with E-state index in [-0.39, 0.29) is 22.5 Å². The van der Waals surface area contributed by atoms with Crippen LogP contribution in [0.4, 0.5) is 10.1 Å². The summed E-state index contributed by atoms with van der Waals surface area (Å²) in [5.41, 5.74) is 1.35. The van der Waals surface area contributed by atoms with E-state index in [4.69, 9.17) is 23.8 Å². The highest BCUT2D eigenvalue weighted by Crippen LogP contribution is 2.24. The number of aryl methyl sites for hydroxylation is 1. The number of hydrogen-bond acceptors (Lipinski definition) is 3. The van der Waals surface area contributed by atoms with Crippen molar-refractivity contribution in [3.63, 3.8) is 0 Å². The van der Waals surface area contributed by atoms with Crippen LogP contribution >= 0.6 is 23.8 Å². The fourth-order valence-corrected chi connectivity index (χ4v) is 2.60. The fourth-order valence-electron chi connectivity index (χ4n) is 2.08. The molecule has 3 rings (SSSR count). The molecular formula is C14H10ClFN4OS. The van der Waals surface area contributed by atoms with Gasteiger partial charge in [0, 0.05) is 7.05 Å². The first-order valence-corrected chi connectivity index (χ1v) is 7.06. The molecule has 0 bridgehead atoms. The van der Waals surface area contributed by atoms with Gasteiger partial charge in [-0.05, 0) is 42.6 Å². The smallest absolute Gasteiger partial charge is 0.281 e. The number of carbonyl (C=O) groups is 1. The van der Waals surface area contributed by atoms with Crippen LogP contribution < -0.4 is 10.2 Å². The molecule has 1 amide bonds. The van der Waals surface area contributed by atoms with Crippen LogP contribution in [0.5, 0.6) is 0 Å².